The van der Waals surface area contributed by atoms with E-state index in [1.807, 2.05) is 19.2 Å². The van der Waals surface area contributed by atoms with Crippen LogP contribution in [0.1, 0.15) is 50.5 Å². The Bertz CT molecular complexity index is 354. The van der Waals surface area contributed by atoms with E-state index in [1.54, 1.807) is 12.1 Å². The highest BCUT2D eigenvalue weighted by molar-refractivity contribution is 5.17. The van der Waals surface area contributed by atoms with E-state index in [9.17, 15) is 4.39 Å². The fraction of sp³-hybridized carbons (Fsp3) is 0.647. The Labute approximate surface area is 116 Å². The summed E-state index contributed by atoms with van der Waals surface area (Å²) in [4.78, 5) is 0. The predicted molar refractivity (Wildman–Crippen MR) is 78.8 cm³/mol. The Morgan fingerprint density at radius 1 is 1.16 bits per heavy atom. The van der Waals surface area contributed by atoms with Crippen molar-refractivity contribution < 1.29 is 4.39 Å². The molecular formula is C17H26FN. The fourth-order valence-electron chi connectivity index (χ4n) is 3.17. The standard InChI is InChI=1S/C17H26FN/c1-19-17(12-9-14-5-3-2-4-6-14)13-15-7-10-16(18)11-8-15/h7-8,10-11,14,17,19H,2-6,9,12-13H2,1H3. The molecule has 1 fully saturated rings. The van der Waals surface area contributed by atoms with Gasteiger partial charge in [0.2, 0.25) is 0 Å². The molecule has 106 valence electrons. The number of hydrogen-bond acceptors (Lipinski definition) is 1. The Morgan fingerprint density at radius 3 is 2.47 bits per heavy atom. The summed E-state index contributed by atoms with van der Waals surface area (Å²) in [5.74, 6) is 0.796. The van der Waals surface area contributed by atoms with Crippen molar-refractivity contribution in [3.63, 3.8) is 0 Å². The smallest absolute Gasteiger partial charge is 0.123 e. The molecule has 0 amide bonds. The predicted octanol–water partition coefficient (Wildman–Crippen LogP) is 4.32. The van der Waals surface area contributed by atoms with E-state index in [4.69, 9.17) is 0 Å². The molecule has 1 aliphatic rings. The minimum atomic E-state index is -0.146. The third-order valence-corrected chi connectivity index (χ3v) is 4.45. The topological polar surface area (TPSA) is 12.0 Å². The van der Waals surface area contributed by atoms with E-state index in [0.717, 1.165) is 12.3 Å². The first-order valence-corrected chi connectivity index (χ1v) is 7.69. The number of rotatable bonds is 6. The molecule has 19 heavy (non-hydrogen) atoms. The normalized spacial score (nSPS) is 18.4. The largest absolute Gasteiger partial charge is 0.317 e. The molecule has 1 aromatic rings. The summed E-state index contributed by atoms with van der Waals surface area (Å²) in [5, 5.41) is 3.41. The van der Waals surface area contributed by atoms with Gasteiger partial charge in [-0.05, 0) is 49.9 Å². The molecule has 1 nitrogen and oxygen atoms in total. The van der Waals surface area contributed by atoms with Gasteiger partial charge in [-0.15, -0.1) is 0 Å². The average Bonchev–Trinajstić information content (AvgIpc) is 2.46. The van der Waals surface area contributed by atoms with Gasteiger partial charge in [-0.25, -0.2) is 4.39 Å². The molecule has 1 unspecified atom stereocenters. The lowest BCUT2D eigenvalue weighted by atomic mass is 9.84. The van der Waals surface area contributed by atoms with E-state index < -0.39 is 0 Å². The van der Waals surface area contributed by atoms with Gasteiger partial charge < -0.3 is 5.32 Å². The maximum absolute atomic E-state index is 12.9. The highest BCUT2D eigenvalue weighted by atomic mass is 19.1. The minimum Gasteiger partial charge on any atom is -0.317 e. The van der Waals surface area contributed by atoms with Gasteiger partial charge in [0, 0.05) is 6.04 Å². The lowest BCUT2D eigenvalue weighted by Gasteiger charge is -2.24. The highest BCUT2D eigenvalue weighted by Gasteiger charge is 2.15. The Hall–Kier alpha value is -0.890. The molecule has 1 aromatic carbocycles. The molecule has 0 saturated heterocycles. The zero-order chi connectivity index (χ0) is 13.5. The van der Waals surface area contributed by atoms with Crippen LogP contribution in [0.25, 0.3) is 0 Å². The van der Waals surface area contributed by atoms with Crippen LogP contribution >= 0.6 is 0 Å². The molecular weight excluding hydrogens is 237 g/mol. The summed E-state index contributed by atoms with van der Waals surface area (Å²) < 4.78 is 12.9. The van der Waals surface area contributed by atoms with Crippen molar-refractivity contribution in [1.29, 1.82) is 0 Å². The van der Waals surface area contributed by atoms with Crippen LogP contribution in [-0.2, 0) is 6.42 Å². The van der Waals surface area contributed by atoms with Crippen molar-refractivity contribution in [2.45, 2.75) is 57.4 Å². The molecule has 0 radical (unpaired) electrons. The van der Waals surface area contributed by atoms with Crippen LogP contribution in [-0.4, -0.2) is 13.1 Å². The number of benzene rings is 1. The van der Waals surface area contributed by atoms with Gasteiger partial charge in [0.05, 0.1) is 0 Å². The first-order chi connectivity index (χ1) is 9.28. The van der Waals surface area contributed by atoms with Crippen molar-refractivity contribution in [2.24, 2.45) is 5.92 Å². The Balaban J connectivity index is 1.77. The number of nitrogens with one attached hydrogen (secondary N) is 1. The monoisotopic (exact) mass is 263 g/mol. The van der Waals surface area contributed by atoms with Crippen molar-refractivity contribution in [3.8, 4) is 0 Å². The first-order valence-electron chi connectivity index (χ1n) is 7.69. The second-order valence-electron chi connectivity index (χ2n) is 5.90. The lowest BCUT2D eigenvalue weighted by molar-refractivity contribution is 0.315. The molecule has 2 rings (SSSR count). The highest BCUT2D eigenvalue weighted by Crippen LogP contribution is 2.28. The van der Waals surface area contributed by atoms with Gasteiger partial charge in [-0.2, -0.15) is 0 Å². The van der Waals surface area contributed by atoms with E-state index in [2.05, 4.69) is 5.32 Å². The van der Waals surface area contributed by atoms with Crippen molar-refractivity contribution in [3.05, 3.63) is 35.6 Å². The molecule has 2 heteroatoms. The maximum atomic E-state index is 12.9. The fourth-order valence-corrected chi connectivity index (χ4v) is 3.17. The zero-order valence-electron chi connectivity index (χ0n) is 12.0. The van der Waals surface area contributed by atoms with Crippen LogP contribution in [0.3, 0.4) is 0 Å². The number of hydrogen-bond donors (Lipinski definition) is 1. The second-order valence-corrected chi connectivity index (χ2v) is 5.90. The third-order valence-electron chi connectivity index (χ3n) is 4.45. The summed E-state index contributed by atoms with van der Waals surface area (Å²) in [6.45, 7) is 0. The molecule has 1 N–H and O–H groups in total. The third kappa shape index (κ3) is 4.94. The molecule has 1 saturated carbocycles. The van der Waals surface area contributed by atoms with Crippen molar-refractivity contribution >= 4 is 0 Å². The molecule has 0 spiro atoms. The van der Waals surface area contributed by atoms with Crippen LogP contribution < -0.4 is 5.32 Å². The Morgan fingerprint density at radius 2 is 1.84 bits per heavy atom. The van der Waals surface area contributed by atoms with Crippen LogP contribution in [0.15, 0.2) is 24.3 Å². The van der Waals surface area contributed by atoms with Crippen molar-refractivity contribution in [2.75, 3.05) is 7.05 Å². The van der Waals surface area contributed by atoms with Crippen LogP contribution in [0.2, 0.25) is 0 Å². The van der Waals surface area contributed by atoms with E-state index in [-0.39, 0.29) is 5.82 Å². The minimum absolute atomic E-state index is 0.146. The average molecular weight is 263 g/mol. The summed E-state index contributed by atoms with van der Waals surface area (Å²) in [5.41, 5.74) is 1.23. The molecule has 1 atom stereocenters. The van der Waals surface area contributed by atoms with Crippen LogP contribution in [0, 0.1) is 11.7 Å². The quantitative estimate of drug-likeness (QED) is 0.806. The lowest BCUT2D eigenvalue weighted by Crippen LogP contribution is -2.28. The van der Waals surface area contributed by atoms with Crippen LogP contribution in [0.5, 0.6) is 0 Å². The van der Waals surface area contributed by atoms with Gasteiger partial charge in [-0.3, -0.25) is 0 Å². The summed E-state index contributed by atoms with van der Waals surface area (Å²) in [6, 6.07) is 7.44. The van der Waals surface area contributed by atoms with Gasteiger partial charge in [-0.1, -0.05) is 44.2 Å². The van der Waals surface area contributed by atoms with Crippen molar-refractivity contribution in [1.82, 2.24) is 5.32 Å². The molecule has 0 aromatic heterocycles. The summed E-state index contributed by atoms with van der Waals surface area (Å²) in [7, 11) is 2.04. The first kappa shape index (κ1) is 14.5. The van der Waals surface area contributed by atoms with Gasteiger partial charge >= 0.3 is 0 Å². The van der Waals surface area contributed by atoms with Gasteiger partial charge in [0.25, 0.3) is 0 Å². The summed E-state index contributed by atoms with van der Waals surface area (Å²) >= 11 is 0. The van der Waals surface area contributed by atoms with E-state index >= 15 is 0 Å². The van der Waals surface area contributed by atoms with E-state index in [0.29, 0.717) is 6.04 Å². The molecule has 0 aliphatic heterocycles. The second kappa shape index (κ2) is 7.64. The van der Waals surface area contributed by atoms with Crippen LogP contribution in [0.4, 0.5) is 4.39 Å². The maximum Gasteiger partial charge on any atom is 0.123 e. The van der Waals surface area contributed by atoms with Gasteiger partial charge in [0.1, 0.15) is 5.82 Å². The van der Waals surface area contributed by atoms with Gasteiger partial charge in [0.15, 0.2) is 0 Å². The molecule has 0 bridgehead atoms. The number of halogens is 1. The Kier molecular flexibility index (Phi) is 5.84. The molecule has 1 aliphatic carbocycles. The number of likely N-dealkylation sites (N-methyl/N-ethyl adjacent to an activating group) is 1. The zero-order valence-corrected chi connectivity index (χ0v) is 12.0. The summed E-state index contributed by atoms with van der Waals surface area (Å²) in [6.07, 6.45) is 10.7. The molecule has 0 heterocycles. The SMILES string of the molecule is CNC(CCC1CCCCC1)Cc1ccc(F)cc1. The van der Waals surface area contributed by atoms with E-state index in [1.165, 1.54) is 50.5 Å².